The van der Waals surface area contributed by atoms with E-state index in [0.29, 0.717) is 32.3 Å². The highest BCUT2D eigenvalue weighted by Crippen LogP contribution is 2.01. The first-order chi connectivity index (χ1) is 9.58. The minimum absolute atomic E-state index is 0.204. The molecule has 0 aromatic carbocycles. The molecule has 6 nitrogen and oxygen atoms in total. The Kier molecular flexibility index (Phi) is 16.6. The predicted molar refractivity (Wildman–Crippen MR) is 72.3 cm³/mol. The number of esters is 1. The monoisotopic (exact) mass is 280 g/mol. The van der Waals surface area contributed by atoms with E-state index in [1.807, 2.05) is 12.1 Å². The van der Waals surface area contributed by atoms with Gasteiger partial charge in [0.1, 0.15) is 0 Å². The lowest BCUT2D eigenvalue weighted by Crippen LogP contribution is -2.05. The van der Waals surface area contributed by atoms with Crippen LogP contribution in [0.25, 0.3) is 0 Å². The standard InChI is InChI=1S/C11H16N2O2.C3H4O2/c12-8-4-1-3-7-11(14)15-10-6-2-5-9-13;1-2-3(4)5/h1-7,10H2;2H,1H2,(H,4,5). The van der Waals surface area contributed by atoms with Crippen molar-refractivity contribution in [2.45, 2.75) is 44.9 Å². The molecule has 0 amide bonds. The highest BCUT2D eigenvalue weighted by molar-refractivity contribution is 5.78. The molecule has 0 aliphatic heterocycles. The van der Waals surface area contributed by atoms with Crippen LogP contribution in [0.4, 0.5) is 0 Å². The Morgan fingerprint density at radius 3 is 2.05 bits per heavy atom. The molecule has 0 spiro atoms. The molecule has 0 saturated heterocycles. The summed E-state index contributed by atoms with van der Waals surface area (Å²) in [6.07, 6.45) is 5.22. The van der Waals surface area contributed by atoms with E-state index in [-0.39, 0.29) is 5.97 Å². The first-order valence-electron chi connectivity index (χ1n) is 6.33. The number of carboxylic acids is 1. The summed E-state index contributed by atoms with van der Waals surface area (Å²) in [5.41, 5.74) is 0. The van der Waals surface area contributed by atoms with Crippen molar-refractivity contribution in [3.63, 3.8) is 0 Å². The van der Waals surface area contributed by atoms with Crippen molar-refractivity contribution in [1.82, 2.24) is 0 Å². The molecule has 0 aromatic rings. The van der Waals surface area contributed by atoms with Crippen LogP contribution in [0.15, 0.2) is 12.7 Å². The molecule has 0 unspecified atom stereocenters. The third kappa shape index (κ3) is 21.0. The van der Waals surface area contributed by atoms with Crippen LogP contribution in [0.2, 0.25) is 0 Å². The fourth-order valence-electron chi connectivity index (χ4n) is 1.04. The summed E-state index contributed by atoms with van der Waals surface area (Å²) >= 11 is 0. The van der Waals surface area contributed by atoms with Crippen molar-refractivity contribution < 1.29 is 19.4 Å². The summed E-state index contributed by atoms with van der Waals surface area (Å²) in [4.78, 5) is 20.3. The van der Waals surface area contributed by atoms with Crippen LogP contribution in [0.3, 0.4) is 0 Å². The molecule has 0 fully saturated rings. The Morgan fingerprint density at radius 2 is 1.60 bits per heavy atom. The van der Waals surface area contributed by atoms with Crippen LogP contribution < -0.4 is 0 Å². The average Bonchev–Trinajstić information content (AvgIpc) is 2.44. The molecule has 0 atom stereocenters. The molecule has 20 heavy (non-hydrogen) atoms. The summed E-state index contributed by atoms with van der Waals surface area (Å²) in [6, 6.07) is 4.06. The van der Waals surface area contributed by atoms with E-state index in [0.717, 1.165) is 25.3 Å². The summed E-state index contributed by atoms with van der Waals surface area (Å²) in [6.45, 7) is 3.36. The lowest BCUT2D eigenvalue weighted by atomic mass is 10.2. The lowest BCUT2D eigenvalue weighted by Gasteiger charge is -2.02. The fourth-order valence-corrected chi connectivity index (χ4v) is 1.04. The van der Waals surface area contributed by atoms with Gasteiger partial charge in [0.2, 0.25) is 0 Å². The van der Waals surface area contributed by atoms with E-state index >= 15 is 0 Å². The number of carbonyl (C=O) groups excluding carboxylic acids is 1. The van der Waals surface area contributed by atoms with Crippen LogP contribution in [-0.4, -0.2) is 23.7 Å². The number of nitriles is 2. The fraction of sp³-hybridized carbons (Fsp3) is 0.571. The molecule has 0 rings (SSSR count). The van der Waals surface area contributed by atoms with Gasteiger partial charge in [-0.3, -0.25) is 4.79 Å². The van der Waals surface area contributed by atoms with Gasteiger partial charge in [-0.2, -0.15) is 10.5 Å². The number of unbranched alkanes of at least 4 members (excludes halogenated alkanes) is 4. The topological polar surface area (TPSA) is 111 Å². The van der Waals surface area contributed by atoms with E-state index < -0.39 is 5.97 Å². The average molecular weight is 280 g/mol. The predicted octanol–water partition coefficient (Wildman–Crippen LogP) is 2.56. The number of hydrogen-bond donors (Lipinski definition) is 1. The Bertz CT molecular complexity index is 366. The molecule has 0 radical (unpaired) electrons. The Balaban J connectivity index is 0. The number of carboxylic acid groups (broad SMARTS) is 1. The number of ether oxygens (including phenoxy) is 1. The van der Waals surface area contributed by atoms with Crippen LogP contribution >= 0.6 is 0 Å². The van der Waals surface area contributed by atoms with Crippen LogP contribution in [0.1, 0.15) is 44.9 Å². The van der Waals surface area contributed by atoms with Gasteiger partial charge in [-0.1, -0.05) is 6.58 Å². The van der Waals surface area contributed by atoms with Gasteiger partial charge >= 0.3 is 11.9 Å². The third-order valence-corrected chi connectivity index (χ3v) is 2.04. The van der Waals surface area contributed by atoms with Crippen molar-refractivity contribution in [2.75, 3.05) is 6.61 Å². The zero-order valence-corrected chi connectivity index (χ0v) is 11.5. The molecule has 0 aromatic heterocycles. The van der Waals surface area contributed by atoms with Gasteiger partial charge in [0.05, 0.1) is 18.7 Å². The summed E-state index contributed by atoms with van der Waals surface area (Å²) < 4.78 is 4.94. The van der Waals surface area contributed by atoms with Crippen molar-refractivity contribution in [3.05, 3.63) is 12.7 Å². The Labute approximate surface area is 119 Å². The van der Waals surface area contributed by atoms with Gasteiger partial charge in [0.25, 0.3) is 0 Å². The zero-order chi connectivity index (χ0) is 15.6. The molecular formula is C14H20N2O4. The molecule has 0 bridgehead atoms. The smallest absolute Gasteiger partial charge is 0.327 e. The summed E-state index contributed by atoms with van der Waals surface area (Å²) in [5, 5.41) is 24.1. The second-order valence-electron chi connectivity index (χ2n) is 3.74. The van der Waals surface area contributed by atoms with Gasteiger partial charge in [-0.05, 0) is 25.7 Å². The van der Waals surface area contributed by atoms with Gasteiger partial charge in [-0.15, -0.1) is 0 Å². The van der Waals surface area contributed by atoms with E-state index in [2.05, 4.69) is 6.58 Å². The van der Waals surface area contributed by atoms with Crippen LogP contribution in [0, 0.1) is 22.7 Å². The Morgan fingerprint density at radius 1 is 1.10 bits per heavy atom. The zero-order valence-electron chi connectivity index (χ0n) is 11.5. The maximum Gasteiger partial charge on any atom is 0.327 e. The van der Waals surface area contributed by atoms with E-state index in [1.165, 1.54) is 0 Å². The summed E-state index contributed by atoms with van der Waals surface area (Å²) in [7, 11) is 0. The maximum atomic E-state index is 11.1. The molecule has 6 heteroatoms. The van der Waals surface area contributed by atoms with E-state index in [9.17, 15) is 9.59 Å². The first-order valence-corrected chi connectivity index (χ1v) is 6.33. The highest BCUT2D eigenvalue weighted by Gasteiger charge is 2.01. The molecule has 0 aliphatic carbocycles. The van der Waals surface area contributed by atoms with Crippen molar-refractivity contribution in [3.8, 4) is 12.1 Å². The van der Waals surface area contributed by atoms with Gasteiger partial charge in [0, 0.05) is 25.3 Å². The van der Waals surface area contributed by atoms with Gasteiger partial charge in [-0.25, -0.2) is 4.79 Å². The largest absolute Gasteiger partial charge is 0.478 e. The van der Waals surface area contributed by atoms with Crippen LogP contribution in [-0.2, 0) is 14.3 Å². The molecular weight excluding hydrogens is 260 g/mol. The highest BCUT2D eigenvalue weighted by atomic mass is 16.5. The second-order valence-corrected chi connectivity index (χ2v) is 3.74. The quantitative estimate of drug-likeness (QED) is 0.394. The molecule has 110 valence electrons. The lowest BCUT2D eigenvalue weighted by molar-refractivity contribution is -0.143. The van der Waals surface area contributed by atoms with E-state index in [4.69, 9.17) is 20.4 Å². The minimum Gasteiger partial charge on any atom is -0.478 e. The minimum atomic E-state index is -0.981. The SMILES string of the molecule is C=CC(=O)O.N#CCCCCOC(=O)CCCCC#N. The van der Waals surface area contributed by atoms with E-state index in [1.54, 1.807) is 0 Å². The van der Waals surface area contributed by atoms with Crippen molar-refractivity contribution >= 4 is 11.9 Å². The summed E-state index contributed by atoms with van der Waals surface area (Å²) in [5.74, 6) is -1.19. The normalized spacial score (nSPS) is 8.30. The first kappa shape index (κ1) is 20.0. The molecule has 0 saturated carbocycles. The molecule has 1 N–H and O–H groups in total. The third-order valence-electron chi connectivity index (χ3n) is 2.04. The number of rotatable bonds is 9. The number of aliphatic carboxylic acids is 1. The number of hydrogen-bond acceptors (Lipinski definition) is 5. The van der Waals surface area contributed by atoms with Gasteiger partial charge < -0.3 is 9.84 Å². The van der Waals surface area contributed by atoms with Crippen LogP contribution in [0.5, 0.6) is 0 Å². The Hall–Kier alpha value is -2.34. The number of nitrogens with zero attached hydrogens (tertiary/aromatic N) is 2. The van der Waals surface area contributed by atoms with Crippen molar-refractivity contribution in [1.29, 1.82) is 10.5 Å². The second kappa shape index (κ2) is 16.7. The number of carbonyl (C=O) groups is 2. The van der Waals surface area contributed by atoms with Gasteiger partial charge in [0.15, 0.2) is 0 Å². The van der Waals surface area contributed by atoms with Crippen molar-refractivity contribution in [2.24, 2.45) is 0 Å². The maximum absolute atomic E-state index is 11.1. The molecule has 0 heterocycles. The molecule has 0 aliphatic rings.